The van der Waals surface area contributed by atoms with Gasteiger partial charge in [0.1, 0.15) is 12.7 Å². The lowest BCUT2D eigenvalue weighted by molar-refractivity contribution is -0.363. The zero-order valence-electron chi connectivity index (χ0n) is 51.6. The average Bonchev–Trinajstić information content (AvgIpc) is 1.49. The highest BCUT2D eigenvalue weighted by atomic mass is 16.5. The maximum absolute atomic E-state index is 15.2. The summed E-state index contributed by atoms with van der Waals surface area (Å²) in [6.07, 6.45) is 31.3. The molecular formula is C78H98O7. The molecule has 0 unspecified atom stereocenters. The van der Waals surface area contributed by atoms with E-state index in [1.165, 1.54) is 75.2 Å². The first kappa shape index (κ1) is 56.9. The molecule has 2 bridgehead atoms. The normalized spacial score (nSPS) is 40.6. The Hall–Kier alpha value is -4.56. The molecule has 0 amide bonds. The number of carbonyl (C=O) groups excluding carboxylic acids is 2. The van der Waals surface area contributed by atoms with Gasteiger partial charge in [0.2, 0.25) is 0 Å². The van der Waals surface area contributed by atoms with Crippen LogP contribution >= 0.6 is 0 Å². The largest absolute Gasteiger partial charge is 0.462 e. The van der Waals surface area contributed by atoms with E-state index in [2.05, 4.69) is 118 Å². The predicted molar refractivity (Wildman–Crippen MR) is 336 cm³/mol. The number of aliphatic hydroxyl groups excluding tert-OH is 1. The second-order valence-electron chi connectivity index (χ2n) is 31.5. The molecule has 85 heavy (non-hydrogen) atoms. The number of esters is 2. The first-order chi connectivity index (χ1) is 41.1. The van der Waals surface area contributed by atoms with Gasteiger partial charge < -0.3 is 24.8 Å². The van der Waals surface area contributed by atoms with Crippen LogP contribution in [0.2, 0.25) is 0 Å². The molecule has 0 aromatic heterocycles. The summed E-state index contributed by atoms with van der Waals surface area (Å²) < 4.78 is 12.8. The van der Waals surface area contributed by atoms with Gasteiger partial charge in [-0.05, 0) is 224 Å². The molecule has 7 heteroatoms. The quantitative estimate of drug-likeness (QED) is 0.0851. The molecule has 7 saturated carbocycles. The molecule has 15 rings (SSSR count). The van der Waals surface area contributed by atoms with E-state index in [4.69, 9.17) is 9.47 Å². The van der Waals surface area contributed by atoms with E-state index in [1.54, 1.807) is 33.7 Å². The van der Waals surface area contributed by atoms with Gasteiger partial charge in [-0.25, -0.2) is 4.79 Å². The van der Waals surface area contributed by atoms with Crippen molar-refractivity contribution in [2.24, 2.45) is 56.7 Å². The van der Waals surface area contributed by atoms with Gasteiger partial charge >= 0.3 is 11.9 Å². The van der Waals surface area contributed by atoms with Crippen LogP contribution in [0.25, 0.3) is 10.8 Å². The van der Waals surface area contributed by atoms with Crippen LogP contribution < -0.4 is 0 Å². The number of benzene rings is 4. The first-order valence-corrected chi connectivity index (χ1v) is 34.7. The third-order valence-corrected chi connectivity index (χ3v) is 27.9. The van der Waals surface area contributed by atoms with Gasteiger partial charge in [0.05, 0.1) is 28.6 Å². The third kappa shape index (κ3) is 8.38. The smallest absolute Gasteiger partial charge is 0.331 e. The maximum atomic E-state index is 15.2. The Morgan fingerprint density at radius 3 is 2.27 bits per heavy atom. The Bertz CT molecular complexity index is 3260. The average molecular weight is 1150 g/mol. The van der Waals surface area contributed by atoms with Crippen molar-refractivity contribution in [3.8, 4) is 0 Å². The lowest BCUT2D eigenvalue weighted by Crippen LogP contribution is -2.83. The molecule has 3 spiro atoms. The standard InChI is InChI=1S/C78H98O7/c1-51(19-17-22-52-20-7-4-8-21-52)32-41-76(82)44-43-71(2)48-63(85-70(81)55-23-9-5-10-24-55)69-72(3,39-35-64(79)78(69,76)77(71,83)42-33-53-45-65(80)84-49-53)57-34-40-75-50-73(36-15-16-37-73)62-47-74(56-26-11-6-12-27-56)38-14-13-29-60(74)59-31-30-54-25-18-28-58(61(75)46-57)66(54)67(59)68(62)75/h4,6-8,11-12,18,20-21,25-28,30-31,43-45,51,55,57,60-64,68-69,79,82-83H,5,9-10,13-17,19,22-24,29,32-42,46-50H2,1-3H3/t51-,57-,60-,61+,62+,63-,64+,68+,69+,71+,72+,74+,75-,76+,77-,78+/m1/s1. The van der Waals surface area contributed by atoms with Crippen molar-refractivity contribution in [3.05, 3.63) is 143 Å². The van der Waals surface area contributed by atoms with E-state index in [1.807, 2.05) is 6.08 Å². The minimum atomic E-state index is -1.65. The SMILES string of the molecule is C[C@H](CCCc1ccccc1)CC[C@]1(O)C=C[C@@]2(C)C[C@@H](OC(=O)C3CCCCC3)[C@H]3[C@](C)([C@@H]4CC[C@]56CC7(CCCC7)[C@H]7C[C@]8(c9ccccc9)CCCC[C@@H]8c8ccc9cccc(c9c8[C@H]75)[C@@H]6C4)CC[C@H](O)[C@]31[C@@]2(O)CCC1=CC(=O)OC1. The van der Waals surface area contributed by atoms with Gasteiger partial charge in [-0.15, -0.1) is 0 Å². The van der Waals surface area contributed by atoms with Crippen molar-refractivity contribution in [1.82, 2.24) is 0 Å². The number of aliphatic hydroxyl groups is 3. The molecule has 3 N–H and O–H groups in total. The number of rotatable bonds is 14. The summed E-state index contributed by atoms with van der Waals surface area (Å²) in [5, 5.41) is 46.2. The minimum absolute atomic E-state index is 0.0920. The molecule has 7 nitrogen and oxygen atoms in total. The van der Waals surface area contributed by atoms with Crippen molar-refractivity contribution in [2.45, 2.75) is 247 Å². The number of fused-ring (bicyclic) bond motifs is 5. The Kier molecular flexibility index (Phi) is 14.1. The van der Waals surface area contributed by atoms with Gasteiger partial charge in [0.25, 0.3) is 0 Å². The van der Waals surface area contributed by atoms with Crippen molar-refractivity contribution in [3.63, 3.8) is 0 Å². The number of cyclic esters (lactones) is 1. The third-order valence-electron chi connectivity index (χ3n) is 27.9. The molecule has 1 aliphatic heterocycles. The van der Waals surface area contributed by atoms with Gasteiger partial charge in [-0.1, -0.05) is 175 Å². The van der Waals surface area contributed by atoms with Crippen molar-refractivity contribution >= 4 is 22.7 Å². The molecule has 7 fully saturated rings. The second-order valence-corrected chi connectivity index (χ2v) is 31.5. The van der Waals surface area contributed by atoms with E-state index in [0.717, 1.165) is 89.0 Å². The summed E-state index contributed by atoms with van der Waals surface area (Å²) in [5.41, 5.74) is 2.90. The monoisotopic (exact) mass is 1150 g/mol. The molecule has 1 heterocycles. The first-order valence-electron chi connectivity index (χ1n) is 34.7. The van der Waals surface area contributed by atoms with E-state index >= 15 is 4.79 Å². The van der Waals surface area contributed by atoms with Crippen molar-refractivity contribution in [1.29, 1.82) is 0 Å². The molecular weight excluding hydrogens is 1050 g/mol. The van der Waals surface area contributed by atoms with Gasteiger partial charge in [0.15, 0.2) is 0 Å². The fraction of sp³-hybridized carbons (Fsp3) is 0.641. The molecule has 0 saturated heterocycles. The summed E-state index contributed by atoms with van der Waals surface area (Å²) in [7, 11) is 0. The molecule has 4 aromatic carbocycles. The van der Waals surface area contributed by atoms with Crippen LogP contribution in [0.5, 0.6) is 0 Å². The number of hydrogen-bond acceptors (Lipinski definition) is 7. The zero-order chi connectivity index (χ0) is 58.2. The van der Waals surface area contributed by atoms with Gasteiger partial charge in [0, 0.05) is 22.8 Å². The highest BCUT2D eigenvalue weighted by Gasteiger charge is 2.82. The fourth-order valence-corrected chi connectivity index (χ4v) is 24.2. The molecule has 0 radical (unpaired) electrons. The topological polar surface area (TPSA) is 113 Å². The molecule has 16 atom stereocenters. The van der Waals surface area contributed by atoms with E-state index in [-0.39, 0.29) is 53.6 Å². The summed E-state index contributed by atoms with van der Waals surface area (Å²) in [5.74, 6) is 1.13. The number of aryl methyl sites for hydroxylation is 1. The molecule has 10 aliphatic carbocycles. The maximum Gasteiger partial charge on any atom is 0.331 e. The predicted octanol–water partition coefficient (Wildman–Crippen LogP) is 16.8. The molecule has 4 aromatic rings. The second kappa shape index (κ2) is 21.0. The van der Waals surface area contributed by atoms with Crippen LogP contribution in [0.3, 0.4) is 0 Å². The van der Waals surface area contributed by atoms with E-state index in [0.29, 0.717) is 54.8 Å². The van der Waals surface area contributed by atoms with Crippen LogP contribution in [-0.4, -0.2) is 57.3 Å². The minimum Gasteiger partial charge on any atom is -0.462 e. The van der Waals surface area contributed by atoms with Crippen LogP contribution in [0.15, 0.2) is 115 Å². The van der Waals surface area contributed by atoms with Crippen LogP contribution in [0.1, 0.15) is 240 Å². The fourth-order valence-electron chi connectivity index (χ4n) is 24.2. The van der Waals surface area contributed by atoms with Crippen molar-refractivity contribution < 1.29 is 34.4 Å². The zero-order valence-corrected chi connectivity index (χ0v) is 51.6. The Labute approximate surface area is 507 Å². The van der Waals surface area contributed by atoms with Crippen LogP contribution in [0.4, 0.5) is 0 Å². The number of carbonyl (C=O) groups is 2. The summed E-state index contributed by atoms with van der Waals surface area (Å²) in [6, 6.07) is 35.1. The molecule has 452 valence electrons. The van der Waals surface area contributed by atoms with Crippen LogP contribution in [0, 0.1) is 56.7 Å². The van der Waals surface area contributed by atoms with E-state index in [9.17, 15) is 20.1 Å². The summed E-state index contributed by atoms with van der Waals surface area (Å²) >= 11 is 0. The Morgan fingerprint density at radius 1 is 0.729 bits per heavy atom. The lowest BCUT2D eigenvalue weighted by Gasteiger charge is -2.76. The molecule has 11 aliphatic rings. The highest BCUT2D eigenvalue weighted by molar-refractivity contribution is 5.93. The van der Waals surface area contributed by atoms with E-state index < -0.39 is 45.6 Å². The Balaban J connectivity index is 0.872. The highest BCUT2D eigenvalue weighted by Crippen LogP contribution is 2.82. The van der Waals surface area contributed by atoms with Gasteiger partial charge in [-0.3, -0.25) is 4.79 Å². The van der Waals surface area contributed by atoms with Gasteiger partial charge in [-0.2, -0.15) is 0 Å². The summed E-state index contributed by atoms with van der Waals surface area (Å²) in [4.78, 5) is 27.9. The number of hydrogen-bond donors (Lipinski definition) is 3. The van der Waals surface area contributed by atoms with Crippen LogP contribution in [-0.2, 0) is 30.9 Å². The Morgan fingerprint density at radius 2 is 1.49 bits per heavy atom. The summed E-state index contributed by atoms with van der Waals surface area (Å²) in [6.45, 7) is 7.12. The van der Waals surface area contributed by atoms with Crippen molar-refractivity contribution in [2.75, 3.05) is 6.61 Å². The number of ether oxygens (including phenoxy) is 2. The lowest BCUT2D eigenvalue weighted by atomic mass is 9.31.